The van der Waals surface area contributed by atoms with Crippen molar-refractivity contribution in [1.82, 2.24) is 9.47 Å². The number of nitrogens with zero attached hydrogens (tertiary/aromatic N) is 5. The normalized spacial score (nSPS) is 13.7. The van der Waals surface area contributed by atoms with Gasteiger partial charge in [0.15, 0.2) is 0 Å². The molecule has 0 spiro atoms. The minimum atomic E-state index is -0.557. The lowest BCUT2D eigenvalue weighted by Gasteiger charge is -2.36. The Kier molecular flexibility index (Phi) is 4.99. The van der Waals surface area contributed by atoms with E-state index in [0.717, 1.165) is 0 Å². The molecule has 0 N–H and O–H groups in total. The van der Waals surface area contributed by atoms with Crippen molar-refractivity contribution in [3.8, 4) is 18.0 Å². The molecule has 7 nitrogen and oxygen atoms in total. The molecule has 150 valence electrons. The summed E-state index contributed by atoms with van der Waals surface area (Å²) in [5, 5.41) is 18.9. The van der Waals surface area contributed by atoms with Gasteiger partial charge in [0.1, 0.15) is 40.4 Å². The molecular weight excluding hydrogens is 385 g/mol. The lowest BCUT2D eigenvalue weighted by molar-refractivity contribution is 0.0744. The summed E-state index contributed by atoms with van der Waals surface area (Å²) in [7, 11) is 0. The van der Waals surface area contributed by atoms with Crippen LogP contribution in [0.15, 0.2) is 47.1 Å². The van der Waals surface area contributed by atoms with Gasteiger partial charge in [0.25, 0.3) is 5.91 Å². The zero-order valence-electron chi connectivity index (χ0n) is 16.3. The van der Waals surface area contributed by atoms with Gasteiger partial charge in [0, 0.05) is 38.6 Å². The number of piperazine rings is 1. The summed E-state index contributed by atoms with van der Waals surface area (Å²) in [5.74, 6) is -0.121. The van der Waals surface area contributed by atoms with Crippen LogP contribution < -0.4 is 4.90 Å². The van der Waals surface area contributed by atoms with Crippen molar-refractivity contribution in [2.45, 2.75) is 6.92 Å². The Hall–Kier alpha value is -4.04. The van der Waals surface area contributed by atoms with Gasteiger partial charge in [-0.2, -0.15) is 10.5 Å². The van der Waals surface area contributed by atoms with Gasteiger partial charge in [-0.3, -0.25) is 9.36 Å². The summed E-state index contributed by atoms with van der Waals surface area (Å²) in [5.41, 5.74) is 0.994. The van der Waals surface area contributed by atoms with E-state index in [-0.39, 0.29) is 22.6 Å². The number of hydrogen-bond donors (Lipinski definition) is 0. The fraction of sp³-hybridized carbons (Fsp3) is 0.227. The summed E-state index contributed by atoms with van der Waals surface area (Å²) < 4.78 is 21.3. The van der Waals surface area contributed by atoms with Gasteiger partial charge in [-0.15, -0.1) is 0 Å². The number of anilines is 1. The molecule has 8 heteroatoms. The van der Waals surface area contributed by atoms with Crippen molar-refractivity contribution in [2.75, 3.05) is 31.1 Å². The van der Waals surface area contributed by atoms with E-state index in [9.17, 15) is 19.7 Å². The topological polar surface area (TPSA) is 89.2 Å². The number of aryl methyl sites for hydroxylation is 1. The van der Waals surface area contributed by atoms with E-state index >= 15 is 0 Å². The molecule has 1 fully saturated rings. The number of hydrogen-bond acceptors (Lipinski definition) is 5. The molecule has 3 heterocycles. The number of halogens is 1. The molecule has 0 saturated carbocycles. The molecule has 1 amide bonds. The van der Waals surface area contributed by atoms with E-state index in [4.69, 9.17) is 4.42 Å². The fourth-order valence-electron chi connectivity index (χ4n) is 3.74. The molecule has 0 bridgehead atoms. The number of carbonyl (C=O) groups is 1. The fourth-order valence-corrected chi connectivity index (χ4v) is 3.74. The highest BCUT2D eigenvalue weighted by Gasteiger charge is 2.30. The van der Waals surface area contributed by atoms with Crippen LogP contribution in [0.1, 0.15) is 27.2 Å². The van der Waals surface area contributed by atoms with E-state index in [0.29, 0.717) is 43.5 Å². The van der Waals surface area contributed by atoms with Crippen molar-refractivity contribution in [3.63, 3.8) is 0 Å². The van der Waals surface area contributed by atoms with E-state index in [2.05, 4.69) is 6.07 Å². The maximum absolute atomic E-state index is 13.9. The molecule has 1 aromatic carbocycles. The second kappa shape index (κ2) is 7.76. The standard InChI is InChI=1S/C22H18FN5O2/c1-15-20(17(14-25)22(30-15)28-7-2-3-8-28)21(29)27-11-9-26(10-12-27)19-6-4-5-18(23)16(19)13-24/h2-8H,9-12H2,1H3. The highest BCUT2D eigenvalue weighted by atomic mass is 19.1. The minimum Gasteiger partial charge on any atom is -0.443 e. The van der Waals surface area contributed by atoms with Gasteiger partial charge < -0.3 is 14.2 Å². The van der Waals surface area contributed by atoms with E-state index in [1.165, 1.54) is 6.07 Å². The molecule has 0 unspecified atom stereocenters. The Morgan fingerprint density at radius 2 is 1.70 bits per heavy atom. The van der Waals surface area contributed by atoms with E-state index in [1.54, 1.807) is 40.9 Å². The molecule has 30 heavy (non-hydrogen) atoms. The predicted molar refractivity (Wildman–Crippen MR) is 107 cm³/mol. The Bertz CT molecular complexity index is 1180. The van der Waals surface area contributed by atoms with Gasteiger partial charge in [0.05, 0.1) is 5.69 Å². The highest BCUT2D eigenvalue weighted by molar-refractivity contribution is 5.98. The van der Waals surface area contributed by atoms with E-state index in [1.807, 2.05) is 23.1 Å². The molecule has 0 radical (unpaired) electrons. The van der Waals surface area contributed by atoms with Crippen LogP contribution in [0.3, 0.4) is 0 Å². The molecule has 3 aromatic rings. The van der Waals surface area contributed by atoms with Gasteiger partial charge in [0.2, 0.25) is 5.88 Å². The van der Waals surface area contributed by atoms with Crippen molar-refractivity contribution < 1.29 is 13.6 Å². The summed E-state index contributed by atoms with van der Waals surface area (Å²) in [6, 6.07) is 12.2. The van der Waals surface area contributed by atoms with Crippen LogP contribution >= 0.6 is 0 Å². The summed E-state index contributed by atoms with van der Waals surface area (Å²) in [6.07, 6.45) is 3.50. The third-order valence-electron chi connectivity index (χ3n) is 5.24. The number of carbonyl (C=O) groups excluding carboxylic acids is 1. The Labute approximate surface area is 172 Å². The Morgan fingerprint density at radius 3 is 2.33 bits per heavy atom. The lowest BCUT2D eigenvalue weighted by Crippen LogP contribution is -2.49. The number of nitriles is 2. The number of furan rings is 1. The molecule has 1 saturated heterocycles. The summed E-state index contributed by atoms with van der Waals surface area (Å²) >= 11 is 0. The molecule has 0 aliphatic carbocycles. The van der Waals surface area contributed by atoms with Crippen LogP contribution in [0.2, 0.25) is 0 Å². The van der Waals surface area contributed by atoms with Gasteiger partial charge in [-0.05, 0) is 31.2 Å². The number of benzene rings is 1. The van der Waals surface area contributed by atoms with Gasteiger partial charge in [-0.1, -0.05) is 6.07 Å². The maximum atomic E-state index is 13.9. The summed E-state index contributed by atoms with van der Waals surface area (Å²) in [4.78, 5) is 16.7. The molecule has 2 aromatic heterocycles. The number of amides is 1. The molecule has 1 aliphatic heterocycles. The van der Waals surface area contributed by atoms with Crippen molar-refractivity contribution in [1.29, 1.82) is 10.5 Å². The first-order chi connectivity index (χ1) is 14.5. The second-order valence-corrected chi connectivity index (χ2v) is 6.94. The monoisotopic (exact) mass is 403 g/mol. The quantitative estimate of drug-likeness (QED) is 0.670. The predicted octanol–water partition coefficient (Wildman–Crippen LogP) is 3.22. The average Bonchev–Trinajstić information content (AvgIpc) is 3.40. The van der Waals surface area contributed by atoms with Crippen molar-refractivity contribution in [2.24, 2.45) is 0 Å². The van der Waals surface area contributed by atoms with Gasteiger partial charge in [-0.25, -0.2) is 4.39 Å². The second-order valence-electron chi connectivity index (χ2n) is 6.94. The largest absolute Gasteiger partial charge is 0.443 e. The summed E-state index contributed by atoms with van der Waals surface area (Å²) in [6.45, 7) is 3.34. The molecular formula is C22H18FN5O2. The van der Waals surface area contributed by atoms with Crippen LogP contribution in [0, 0.1) is 35.4 Å². The van der Waals surface area contributed by atoms with Crippen LogP contribution in [-0.4, -0.2) is 41.6 Å². The molecule has 0 atom stereocenters. The average molecular weight is 403 g/mol. The minimum absolute atomic E-state index is 0.00564. The third kappa shape index (κ3) is 3.19. The molecule has 4 rings (SSSR count). The number of rotatable bonds is 3. The zero-order chi connectivity index (χ0) is 21.3. The van der Waals surface area contributed by atoms with Crippen LogP contribution in [-0.2, 0) is 0 Å². The van der Waals surface area contributed by atoms with Gasteiger partial charge >= 0.3 is 0 Å². The van der Waals surface area contributed by atoms with E-state index < -0.39 is 5.82 Å². The number of aromatic nitrogens is 1. The van der Waals surface area contributed by atoms with Crippen LogP contribution in [0.5, 0.6) is 0 Å². The first-order valence-electron chi connectivity index (χ1n) is 9.44. The Balaban J connectivity index is 1.56. The lowest BCUT2D eigenvalue weighted by atomic mass is 10.1. The first-order valence-corrected chi connectivity index (χ1v) is 9.44. The van der Waals surface area contributed by atoms with Crippen molar-refractivity contribution >= 4 is 11.6 Å². The Morgan fingerprint density at radius 1 is 1.03 bits per heavy atom. The first kappa shape index (κ1) is 19.3. The van der Waals surface area contributed by atoms with Crippen LogP contribution in [0.4, 0.5) is 10.1 Å². The maximum Gasteiger partial charge on any atom is 0.258 e. The SMILES string of the molecule is Cc1oc(-n2cccc2)c(C#N)c1C(=O)N1CCN(c2cccc(F)c2C#N)CC1. The molecule has 1 aliphatic rings. The zero-order valence-corrected chi connectivity index (χ0v) is 16.3. The third-order valence-corrected chi connectivity index (χ3v) is 5.24. The highest BCUT2D eigenvalue weighted by Crippen LogP contribution is 2.28. The van der Waals surface area contributed by atoms with Crippen LogP contribution in [0.25, 0.3) is 5.88 Å². The van der Waals surface area contributed by atoms with Crippen molar-refractivity contribution in [3.05, 3.63) is 71.0 Å². The smallest absolute Gasteiger partial charge is 0.258 e.